The monoisotopic (exact) mass is 552 g/mol. The van der Waals surface area contributed by atoms with Gasteiger partial charge in [-0.15, -0.1) is 0 Å². The topological polar surface area (TPSA) is 74.2 Å². The number of ether oxygens (including phenoxy) is 4. The minimum Gasteiger partial charge on any atom is -0.384 e. The smallest absolute Gasteiger partial charge is 0.167 e. The van der Waals surface area contributed by atoms with Crippen LogP contribution in [0.3, 0.4) is 0 Å². The molecule has 1 N–H and O–H groups in total. The van der Waals surface area contributed by atoms with Gasteiger partial charge in [0.25, 0.3) is 0 Å². The Morgan fingerprint density at radius 1 is 0.585 bits per heavy atom. The van der Waals surface area contributed by atoms with Crippen LogP contribution in [0.25, 0.3) is 0 Å². The number of Topliss-reactive ketones (excluding diaryl/α,β-unsaturated/α-hetero) is 1. The third-order valence-electron chi connectivity index (χ3n) is 7.22. The van der Waals surface area contributed by atoms with Gasteiger partial charge in [-0.25, -0.2) is 0 Å². The van der Waals surface area contributed by atoms with E-state index in [-0.39, 0.29) is 38.6 Å². The first-order chi connectivity index (χ1) is 20.1. The van der Waals surface area contributed by atoms with Crippen LogP contribution in [-0.2, 0) is 50.2 Å². The molecule has 0 amide bonds. The lowest BCUT2D eigenvalue weighted by Crippen LogP contribution is -2.65. The van der Waals surface area contributed by atoms with Crippen molar-refractivity contribution in [1.29, 1.82) is 0 Å². The van der Waals surface area contributed by atoms with Gasteiger partial charge in [0.1, 0.15) is 23.9 Å². The van der Waals surface area contributed by atoms with Crippen LogP contribution in [0.15, 0.2) is 121 Å². The fourth-order valence-corrected chi connectivity index (χ4v) is 5.10. The van der Waals surface area contributed by atoms with Crippen LogP contribution in [-0.4, -0.2) is 41.4 Å². The van der Waals surface area contributed by atoms with Crippen molar-refractivity contribution in [2.75, 3.05) is 6.61 Å². The molecular formula is C35H36O6. The maximum absolute atomic E-state index is 13.6. The van der Waals surface area contributed by atoms with Crippen LogP contribution in [0.1, 0.15) is 28.7 Å². The van der Waals surface area contributed by atoms with Crippen molar-refractivity contribution in [1.82, 2.24) is 0 Å². The zero-order valence-electron chi connectivity index (χ0n) is 23.0. The van der Waals surface area contributed by atoms with E-state index in [0.29, 0.717) is 6.61 Å². The molecule has 0 saturated heterocycles. The van der Waals surface area contributed by atoms with Crippen molar-refractivity contribution in [3.63, 3.8) is 0 Å². The summed E-state index contributed by atoms with van der Waals surface area (Å²) in [5.74, 6) is -0.246. The lowest BCUT2D eigenvalue weighted by atomic mass is 9.78. The Bertz CT molecular complexity index is 1330. The number of rotatable bonds is 13. The number of ketones is 1. The van der Waals surface area contributed by atoms with Gasteiger partial charge in [-0.3, -0.25) is 4.79 Å². The first kappa shape index (κ1) is 28.9. The second kappa shape index (κ2) is 14.3. The highest BCUT2D eigenvalue weighted by Gasteiger charge is 2.55. The van der Waals surface area contributed by atoms with E-state index in [0.717, 1.165) is 22.3 Å². The summed E-state index contributed by atoms with van der Waals surface area (Å²) in [6.45, 7) is 0.903. The first-order valence-corrected chi connectivity index (χ1v) is 13.9. The summed E-state index contributed by atoms with van der Waals surface area (Å²) in [4.78, 5) is 13.6. The van der Waals surface area contributed by atoms with Crippen molar-refractivity contribution in [2.24, 2.45) is 0 Å². The van der Waals surface area contributed by atoms with Crippen molar-refractivity contribution < 1.29 is 28.8 Å². The van der Waals surface area contributed by atoms with E-state index >= 15 is 0 Å². The average Bonchev–Trinajstić information content (AvgIpc) is 3.01. The Morgan fingerprint density at radius 2 is 1.00 bits per heavy atom. The molecule has 1 aliphatic carbocycles. The SMILES string of the molecule is O=C1C[C@](O)(COCc2ccccc2)[C@H](OCc2ccccc2)[C@@H](OCc2ccccc2)[C@H]1OCc1ccccc1. The van der Waals surface area contributed by atoms with Crippen LogP contribution >= 0.6 is 0 Å². The van der Waals surface area contributed by atoms with E-state index in [4.69, 9.17) is 18.9 Å². The quantitative estimate of drug-likeness (QED) is 0.231. The molecule has 0 radical (unpaired) electrons. The summed E-state index contributed by atoms with van der Waals surface area (Å²) in [7, 11) is 0. The highest BCUT2D eigenvalue weighted by atomic mass is 16.6. The zero-order valence-corrected chi connectivity index (χ0v) is 23.0. The third kappa shape index (κ3) is 7.97. The van der Waals surface area contributed by atoms with Crippen molar-refractivity contribution in [3.8, 4) is 0 Å². The van der Waals surface area contributed by atoms with Gasteiger partial charge in [0.2, 0.25) is 0 Å². The normalized spacial score (nSPS) is 22.5. The molecule has 1 fully saturated rings. The van der Waals surface area contributed by atoms with Crippen LogP contribution in [0.4, 0.5) is 0 Å². The molecule has 6 heteroatoms. The van der Waals surface area contributed by atoms with E-state index in [1.165, 1.54) is 0 Å². The standard InChI is InChI=1S/C35H36O6/c36-31-21-35(37,26-38-22-27-13-5-1-6-14-27)34(41-25-30-19-11-4-12-20-30)33(40-24-29-17-9-3-10-18-29)32(31)39-23-28-15-7-2-8-16-28/h1-20,32-34,37H,21-26H2/t32-,33-,34+,35-/m0/s1. The molecule has 4 atom stereocenters. The summed E-state index contributed by atoms with van der Waals surface area (Å²) < 4.78 is 25.1. The van der Waals surface area contributed by atoms with Crippen molar-refractivity contribution >= 4 is 5.78 Å². The van der Waals surface area contributed by atoms with Crippen LogP contribution in [0.2, 0.25) is 0 Å². The first-order valence-electron chi connectivity index (χ1n) is 13.9. The minimum absolute atomic E-state index is 0.0936. The van der Waals surface area contributed by atoms with Crippen molar-refractivity contribution in [2.45, 2.75) is 56.8 Å². The highest BCUT2D eigenvalue weighted by molar-refractivity contribution is 5.86. The molecule has 0 aromatic heterocycles. The largest absolute Gasteiger partial charge is 0.384 e. The van der Waals surface area contributed by atoms with E-state index in [9.17, 15) is 9.90 Å². The molecule has 0 spiro atoms. The van der Waals surface area contributed by atoms with Gasteiger partial charge < -0.3 is 24.1 Å². The van der Waals surface area contributed by atoms with E-state index in [1.807, 2.05) is 121 Å². The maximum atomic E-state index is 13.6. The van der Waals surface area contributed by atoms with Gasteiger partial charge in [-0.2, -0.15) is 0 Å². The number of carbonyl (C=O) groups excluding carboxylic acids is 1. The fraction of sp³-hybridized carbons (Fsp3) is 0.286. The summed E-state index contributed by atoms with van der Waals surface area (Å²) in [5, 5.41) is 12.0. The molecule has 0 bridgehead atoms. The van der Waals surface area contributed by atoms with Gasteiger partial charge in [0.15, 0.2) is 5.78 Å². The predicted molar refractivity (Wildman–Crippen MR) is 156 cm³/mol. The Labute approximate surface area is 241 Å². The lowest BCUT2D eigenvalue weighted by Gasteiger charge is -2.46. The molecule has 41 heavy (non-hydrogen) atoms. The number of hydrogen-bond acceptors (Lipinski definition) is 6. The number of carbonyl (C=O) groups is 1. The molecule has 0 aliphatic heterocycles. The second-order valence-electron chi connectivity index (χ2n) is 10.4. The zero-order chi connectivity index (χ0) is 28.3. The molecular weight excluding hydrogens is 516 g/mol. The Hall–Kier alpha value is -3.65. The molecule has 5 rings (SSSR count). The van der Waals surface area contributed by atoms with E-state index < -0.39 is 23.9 Å². The van der Waals surface area contributed by atoms with Gasteiger partial charge in [0.05, 0.1) is 33.0 Å². The Morgan fingerprint density at radius 3 is 1.49 bits per heavy atom. The molecule has 4 aromatic rings. The van der Waals surface area contributed by atoms with Crippen LogP contribution in [0, 0.1) is 0 Å². The van der Waals surface area contributed by atoms with Gasteiger partial charge >= 0.3 is 0 Å². The molecule has 1 saturated carbocycles. The maximum Gasteiger partial charge on any atom is 0.167 e. The van der Waals surface area contributed by atoms with Gasteiger partial charge in [-0.1, -0.05) is 121 Å². The van der Waals surface area contributed by atoms with Crippen molar-refractivity contribution in [3.05, 3.63) is 144 Å². The summed E-state index contributed by atoms with van der Waals surface area (Å²) in [5.41, 5.74) is 2.18. The molecule has 0 heterocycles. The Kier molecular flexibility index (Phi) is 10.1. The summed E-state index contributed by atoms with van der Waals surface area (Å²) >= 11 is 0. The van der Waals surface area contributed by atoms with E-state index in [1.54, 1.807) is 0 Å². The number of benzene rings is 4. The molecule has 1 aliphatic rings. The molecule has 4 aromatic carbocycles. The van der Waals surface area contributed by atoms with Crippen LogP contribution in [0.5, 0.6) is 0 Å². The van der Waals surface area contributed by atoms with Crippen LogP contribution < -0.4 is 0 Å². The van der Waals surface area contributed by atoms with Gasteiger partial charge in [-0.05, 0) is 22.3 Å². The lowest BCUT2D eigenvalue weighted by molar-refractivity contribution is -0.240. The predicted octanol–water partition coefficient (Wildman–Crippen LogP) is 5.66. The minimum atomic E-state index is -1.62. The molecule has 0 unspecified atom stereocenters. The fourth-order valence-electron chi connectivity index (χ4n) is 5.10. The summed E-state index contributed by atoms with van der Waals surface area (Å²) in [6, 6.07) is 38.9. The second-order valence-corrected chi connectivity index (χ2v) is 10.4. The van der Waals surface area contributed by atoms with Gasteiger partial charge in [0, 0.05) is 6.42 Å². The Balaban J connectivity index is 1.40. The van der Waals surface area contributed by atoms with E-state index in [2.05, 4.69) is 0 Å². The molecule has 212 valence electrons. The number of aliphatic hydroxyl groups is 1. The highest BCUT2D eigenvalue weighted by Crippen LogP contribution is 2.35. The number of hydrogen-bond donors (Lipinski definition) is 1. The average molecular weight is 553 g/mol. The summed E-state index contributed by atoms with van der Waals surface area (Å²) in [6.07, 6.45) is -2.85. The molecule has 6 nitrogen and oxygen atoms in total. The third-order valence-corrected chi connectivity index (χ3v) is 7.22.